The lowest BCUT2D eigenvalue weighted by Crippen LogP contribution is -2.31. The molecule has 17 heavy (non-hydrogen) atoms. The third-order valence-electron chi connectivity index (χ3n) is 3.24. The second-order valence-corrected chi connectivity index (χ2v) is 5.32. The number of nitrogens with zero attached hydrogens (tertiary/aromatic N) is 1. The summed E-state index contributed by atoms with van der Waals surface area (Å²) < 4.78 is 0. The van der Waals surface area contributed by atoms with Gasteiger partial charge in [-0.25, -0.2) is 0 Å². The van der Waals surface area contributed by atoms with Gasteiger partial charge in [-0.05, 0) is 32.3 Å². The minimum Gasteiger partial charge on any atom is -0.389 e. The lowest BCUT2D eigenvalue weighted by molar-refractivity contribution is 0.199. The molecule has 0 radical (unpaired) electrons. The maximum Gasteiger partial charge on any atom is 0.0781 e. The molecule has 0 aliphatic rings. The van der Waals surface area contributed by atoms with Crippen LogP contribution in [0.15, 0.2) is 24.3 Å². The van der Waals surface area contributed by atoms with Crippen LogP contribution in [-0.4, -0.2) is 18.2 Å². The summed E-state index contributed by atoms with van der Waals surface area (Å²) in [5.41, 5.74) is 2.14. The van der Waals surface area contributed by atoms with E-state index in [1.54, 1.807) is 0 Å². The first kappa shape index (κ1) is 14.0. The van der Waals surface area contributed by atoms with E-state index < -0.39 is 6.10 Å². The fourth-order valence-electron chi connectivity index (χ4n) is 2.24. The van der Waals surface area contributed by atoms with Crippen molar-refractivity contribution in [2.45, 2.75) is 46.3 Å². The van der Waals surface area contributed by atoms with Crippen molar-refractivity contribution in [1.82, 2.24) is 0 Å². The number of aliphatic hydroxyl groups excluding tert-OH is 1. The summed E-state index contributed by atoms with van der Waals surface area (Å²) in [5, 5.41) is 9.79. The van der Waals surface area contributed by atoms with Gasteiger partial charge in [0.2, 0.25) is 0 Å². The zero-order valence-corrected chi connectivity index (χ0v) is 11.6. The van der Waals surface area contributed by atoms with Gasteiger partial charge in [-0.15, -0.1) is 0 Å². The summed E-state index contributed by atoms with van der Waals surface area (Å²) in [6, 6.07) is 8.57. The number of anilines is 1. The quantitative estimate of drug-likeness (QED) is 0.842. The molecule has 2 heteroatoms. The highest BCUT2D eigenvalue weighted by molar-refractivity contribution is 5.54. The van der Waals surface area contributed by atoms with E-state index in [9.17, 15) is 5.11 Å². The van der Waals surface area contributed by atoms with Crippen LogP contribution >= 0.6 is 0 Å². The molecular weight excluding hydrogens is 210 g/mol. The predicted molar refractivity (Wildman–Crippen MR) is 74.4 cm³/mol. The van der Waals surface area contributed by atoms with Crippen molar-refractivity contribution in [3.8, 4) is 0 Å². The molecule has 0 heterocycles. The molecule has 0 aromatic heterocycles. The van der Waals surface area contributed by atoms with Crippen molar-refractivity contribution in [3.05, 3.63) is 29.8 Å². The van der Waals surface area contributed by atoms with Gasteiger partial charge in [-0.3, -0.25) is 0 Å². The maximum absolute atomic E-state index is 9.79. The van der Waals surface area contributed by atoms with Crippen LogP contribution in [0.1, 0.15) is 45.8 Å². The van der Waals surface area contributed by atoms with Crippen LogP contribution in [0.5, 0.6) is 0 Å². The van der Waals surface area contributed by atoms with E-state index in [4.69, 9.17) is 0 Å². The van der Waals surface area contributed by atoms with E-state index in [0.717, 1.165) is 17.7 Å². The van der Waals surface area contributed by atoms with Gasteiger partial charge < -0.3 is 10.0 Å². The highest BCUT2D eigenvalue weighted by Gasteiger charge is 2.16. The Morgan fingerprint density at radius 3 is 2.24 bits per heavy atom. The molecule has 2 unspecified atom stereocenters. The van der Waals surface area contributed by atoms with Crippen molar-refractivity contribution >= 4 is 5.69 Å². The molecule has 0 aliphatic heterocycles. The molecule has 1 aromatic rings. The van der Waals surface area contributed by atoms with Crippen molar-refractivity contribution in [3.63, 3.8) is 0 Å². The third-order valence-corrected chi connectivity index (χ3v) is 3.24. The molecule has 1 rings (SSSR count). The monoisotopic (exact) mass is 235 g/mol. The summed E-state index contributed by atoms with van der Waals surface area (Å²) in [4.78, 5) is 2.27. The first-order valence-corrected chi connectivity index (χ1v) is 6.43. The van der Waals surface area contributed by atoms with E-state index in [1.807, 2.05) is 25.1 Å². The van der Waals surface area contributed by atoms with Crippen LogP contribution in [0.25, 0.3) is 0 Å². The van der Waals surface area contributed by atoms with E-state index in [-0.39, 0.29) is 0 Å². The summed E-state index contributed by atoms with van der Waals surface area (Å²) in [7, 11) is 2.11. The smallest absolute Gasteiger partial charge is 0.0781 e. The SMILES string of the molecule is CC(C)CC(C)N(C)c1ccccc1C(C)O. The number of benzene rings is 1. The molecule has 0 spiro atoms. The van der Waals surface area contributed by atoms with Crippen LogP contribution in [0.3, 0.4) is 0 Å². The highest BCUT2D eigenvalue weighted by atomic mass is 16.3. The Hall–Kier alpha value is -1.02. The first-order chi connectivity index (χ1) is 7.93. The fraction of sp³-hybridized carbons (Fsp3) is 0.600. The van der Waals surface area contributed by atoms with Gasteiger partial charge in [0.05, 0.1) is 6.10 Å². The molecule has 0 amide bonds. The third kappa shape index (κ3) is 3.74. The number of aliphatic hydroxyl groups is 1. The summed E-state index contributed by atoms with van der Waals surface area (Å²) in [6.07, 6.45) is 0.741. The van der Waals surface area contributed by atoms with Crippen molar-refractivity contribution in [1.29, 1.82) is 0 Å². The zero-order valence-electron chi connectivity index (χ0n) is 11.6. The average molecular weight is 235 g/mol. The molecular formula is C15H25NO. The fourth-order valence-corrected chi connectivity index (χ4v) is 2.24. The molecule has 1 N–H and O–H groups in total. The maximum atomic E-state index is 9.79. The Labute approximate surface area is 105 Å². The lowest BCUT2D eigenvalue weighted by Gasteiger charge is -2.30. The molecule has 2 atom stereocenters. The Morgan fingerprint density at radius 1 is 1.12 bits per heavy atom. The largest absolute Gasteiger partial charge is 0.389 e. The Balaban J connectivity index is 2.91. The summed E-state index contributed by atoms with van der Waals surface area (Å²) in [5.74, 6) is 0.686. The normalized spacial score (nSPS) is 14.8. The standard InChI is InChI=1S/C15H25NO/c1-11(2)10-12(3)16(5)15-9-7-6-8-14(15)13(4)17/h6-9,11-13,17H,10H2,1-5H3. The number of para-hydroxylation sites is 1. The average Bonchev–Trinajstić information content (AvgIpc) is 2.27. The molecule has 0 saturated heterocycles. The van der Waals surface area contributed by atoms with Gasteiger partial charge in [0.25, 0.3) is 0 Å². The van der Waals surface area contributed by atoms with Gasteiger partial charge in [0, 0.05) is 24.3 Å². The predicted octanol–water partition coefficient (Wildman–Crippen LogP) is 3.61. The van der Waals surface area contributed by atoms with Gasteiger partial charge in [-0.1, -0.05) is 32.0 Å². The first-order valence-electron chi connectivity index (χ1n) is 6.43. The van der Waals surface area contributed by atoms with E-state index >= 15 is 0 Å². The Morgan fingerprint density at radius 2 is 1.71 bits per heavy atom. The molecule has 0 aliphatic carbocycles. The molecule has 0 saturated carbocycles. The van der Waals surface area contributed by atoms with Crippen LogP contribution in [0.4, 0.5) is 5.69 Å². The van der Waals surface area contributed by atoms with Crippen molar-refractivity contribution < 1.29 is 5.11 Å². The zero-order chi connectivity index (χ0) is 13.0. The highest BCUT2D eigenvalue weighted by Crippen LogP contribution is 2.27. The minimum absolute atomic E-state index is 0.417. The number of hydrogen-bond donors (Lipinski definition) is 1. The van der Waals surface area contributed by atoms with Gasteiger partial charge in [0.1, 0.15) is 0 Å². The lowest BCUT2D eigenvalue weighted by atomic mass is 10.0. The van der Waals surface area contributed by atoms with Crippen molar-refractivity contribution in [2.75, 3.05) is 11.9 Å². The van der Waals surface area contributed by atoms with E-state index in [0.29, 0.717) is 12.0 Å². The number of rotatable bonds is 5. The topological polar surface area (TPSA) is 23.5 Å². The Bertz CT molecular complexity index is 347. The number of hydrogen-bond acceptors (Lipinski definition) is 2. The van der Waals surface area contributed by atoms with E-state index in [1.165, 1.54) is 0 Å². The van der Waals surface area contributed by atoms with Crippen molar-refractivity contribution in [2.24, 2.45) is 5.92 Å². The van der Waals surface area contributed by atoms with Gasteiger partial charge in [-0.2, -0.15) is 0 Å². The molecule has 2 nitrogen and oxygen atoms in total. The summed E-state index contributed by atoms with van der Waals surface area (Å²) in [6.45, 7) is 8.54. The summed E-state index contributed by atoms with van der Waals surface area (Å²) >= 11 is 0. The van der Waals surface area contributed by atoms with E-state index in [2.05, 4.69) is 38.8 Å². The van der Waals surface area contributed by atoms with Gasteiger partial charge >= 0.3 is 0 Å². The second kappa shape index (κ2) is 6.06. The van der Waals surface area contributed by atoms with Crippen LogP contribution in [0.2, 0.25) is 0 Å². The molecule has 1 aromatic carbocycles. The molecule has 0 bridgehead atoms. The van der Waals surface area contributed by atoms with Crippen LogP contribution in [0, 0.1) is 5.92 Å². The van der Waals surface area contributed by atoms with Crippen LogP contribution < -0.4 is 4.90 Å². The Kier molecular flexibility index (Phi) is 5.01. The minimum atomic E-state index is -0.417. The van der Waals surface area contributed by atoms with Crippen LogP contribution in [-0.2, 0) is 0 Å². The molecule has 0 fully saturated rings. The van der Waals surface area contributed by atoms with Gasteiger partial charge in [0.15, 0.2) is 0 Å². The second-order valence-electron chi connectivity index (χ2n) is 5.32. The molecule has 96 valence electrons.